The first-order valence-corrected chi connectivity index (χ1v) is 22.9. The molecule has 0 bridgehead atoms. The molecule has 0 aliphatic heterocycles. The van der Waals surface area contributed by atoms with E-state index in [-0.39, 0.29) is 25.8 Å². The van der Waals surface area contributed by atoms with Gasteiger partial charge in [-0.05, 0) is 38.5 Å². The molecule has 0 aromatic carbocycles. The Hall–Kier alpha value is -0.760. The van der Waals surface area contributed by atoms with Crippen LogP contribution in [0.3, 0.4) is 0 Å². The standard InChI is InChI=1S/C42H84NO7P/c1-6-8-10-12-14-16-18-20-22-23-25-27-29-31-33-35-42(44)48-39-41(40-50-51(45,46)49-38-36-43(3,4)5)47-37-34-32-30-28-26-24-21-19-17-15-13-11-9-7-2/h20,22,41H,6-19,21,23-40H2,1-5H3/p+1/b22-20-/t41-/m1/s1. The van der Waals surface area contributed by atoms with Gasteiger partial charge in [-0.15, -0.1) is 0 Å². The zero-order valence-corrected chi connectivity index (χ0v) is 35.3. The van der Waals surface area contributed by atoms with Gasteiger partial charge in [-0.1, -0.05) is 161 Å². The van der Waals surface area contributed by atoms with E-state index in [2.05, 4.69) is 26.0 Å². The molecule has 2 atom stereocenters. The molecule has 0 rings (SSSR count). The van der Waals surface area contributed by atoms with E-state index in [9.17, 15) is 14.3 Å². The van der Waals surface area contributed by atoms with Gasteiger partial charge in [0.05, 0.1) is 27.7 Å². The Morgan fingerprint density at radius 2 is 1.02 bits per heavy atom. The number of nitrogens with zero attached hydrogens (tertiary/aromatic N) is 1. The summed E-state index contributed by atoms with van der Waals surface area (Å²) in [7, 11) is 1.72. The van der Waals surface area contributed by atoms with Gasteiger partial charge in [0.25, 0.3) is 0 Å². The highest BCUT2D eigenvalue weighted by molar-refractivity contribution is 7.47. The smallest absolute Gasteiger partial charge is 0.463 e. The van der Waals surface area contributed by atoms with Crippen LogP contribution >= 0.6 is 7.82 Å². The first-order valence-electron chi connectivity index (χ1n) is 21.4. The Morgan fingerprint density at radius 3 is 1.49 bits per heavy atom. The highest BCUT2D eigenvalue weighted by Gasteiger charge is 2.25. The number of allylic oxidation sites excluding steroid dienone is 2. The van der Waals surface area contributed by atoms with Crippen molar-refractivity contribution in [1.82, 2.24) is 0 Å². The number of likely N-dealkylation sites (N-methyl/N-ethyl adjacent to an activating group) is 1. The zero-order valence-electron chi connectivity index (χ0n) is 34.4. The van der Waals surface area contributed by atoms with E-state index in [1.54, 1.807) is 0 Å². The minimum Gasteiger partial charge on any atom is -0.463 e. The number of quaternary nitrogens is 1. The number of carbonyl (C=O) groups excluding carboxylic acids is 1. The number of unbranched alkanes of at least 4 members (excludes halogenated alkanes) is 24. The van der Waals surface area contributed by atoms with Gasteiger partial charge < -0.3 is 18.9 Å². The number of phosphoric acid groups is 1. The van der Waals surface area contributed by atoms with Crippen LogP contribution in [0.2, 0.25) is 0 Å². The Morgan fingerprint density at radius 1 is 0.588 bits per heavy atom. The van der Waals surface area contributed by atoms with Crippen molar-refractivity contribution in [2.45, 2.75) is 200 Å². The predicted octanol–water partition coefficient (Wildman–Crippen LogP) is 12.3. The Labute approximate surface area is 316 Å². The van der Waals surface area contributed by atoms with E-state index in [0.29, 0.717) is 24.1 Å². The molecule has 0 saturated carbocycles. The summed E-state index contributed by atoms with van der Waals surface area (Å²) >= 11 is 0. The molecule has 0 spiro atoms. The molecule has 9 heteroatoms. The van der Waals surface area contributed by atoms with Crippen molar-refractivity contribution in [3.63, 3.8) is 0 Å². The molecule has 0 aromatic heterocycles. The second kappa shape index (κ2) is 36.2. The van der Waals surface area contributed by atoms with Crippen molar-refractivity contribution in [2.24, 2.45) is 0 Å². The van der Waals surface area contributed by atoms with Crippen LogP contribution in [0, 0.1) is 0 Å². The summed E-state index contributed by atoms with van der Waals surface area (Å²) in [5.74, 6) is -0.260. The molecule has 0 aliphatic rings. The maximum Gasteiger partial charge on any atom is 0.472 e. The van der Waals surface area contributed by atoms with Gasteiger partial charge in [0.15, 0.2) is 0 Å². The normalized spacial score (nSPS) is 13.9. The van der Waals surface area contributed by atoms with Gasteiger partial charge in [-0.25, -0.2) is 4.57 Å². The van der Waals surface area contributed by atoms with E-state index < -0.39 is 13.9 Å². The van der Waals surface area contributed by atoms with Crippen LogP contribution in [-0.4, -0.2) is 75.6 Å². The molecule has 0 aromatic rings. The second-order valence-corrected chi connectivity index (χ2v) is 17.2. The van der Waals surface area contributed by atoms with Crippen LogP contribution in [0.5, 0.6) is 0 Å². The third-order valence-electron chi connectivity index (χ3n) is 9.36. The van der Waals surface area contributed by atoms with Crippen molar-refractivity contribution < 1.29 is 37.3 Å². The van der Waals surface area contributed by atoms with Crippen molar-refractivity contribution >= 4 is 13.8 Å². The third kappa shape index (κ3) is 40.3. The fourth-order valence-electron chi connectivity index (χ4n) is 5.93. The van der Waals surface area contributed by atoms with Crippen molar-refractivity contribution in [1.29, 1.82) is 0 Å². The van der Waals surface area contributed by atoms with Crippen molar-refractivity contribution in [3.8, 4) is 0 Å². The Balaban J connectivity index is 4.23. The quantitative estimate of drug-likeness (QED) is 0.0219. The Kier molecular flexibility index (Phi) is 35.7. The van der Waals surface area contributed by atoms with Gasteiger partial charge in [-0.2, -0.15) is 0 Å². The first-order chi connectivity index (χ1) is 24.6. The molecule has 0 amide bonds. The molecular weight excluding hydrogens is 661 g/mol. The van der Waals surface area contributed by atoms with Crippen molar-refractivity contribution in [3.05, 3.63) is 12.2 Å². The van der Waals surface area contributed by atoms with Crippen LogP contribution in [-0.2, 0) is 27.9 Å². The average molecular weight is 747 g/mol. The number of carbonyl (C=O) groups is 1. The Bertz CT molecular complexity index is 833. The third-order valence-corrected chi connectivity index (χ3v) is 10.3. The molecule has 0 heterocycles. The number of hydrogen-bond acceptors (Lipinski definition) is 6. The van der Waals surface area contributed by atoms with E-state index >= 15 is 0 Å². The first kappa shape index (κ1) is 50.2. The van der Waals surface area contributed by atoms with Gasteiger partial charge in [-0.3, -0.25) is 13.8 Å². The largest absolute Gasteiger partial charge is 0.472 e. The fraction of sp³-hybridized carbons (Fsp3) is 0.929. The van der Waals surface area contributed by atoms with Gasteiger partial charge in [0, 0.05) is 13.0 Å². The molecule has 0 saturated heterocycles. The van der Waals surface area contributed by atoms with Crippen LogP contribution in [0.1, 0.15) is 194 Å². The number of phosphoric ester groups is 1. The molecule has 8 nitrogen and oxygen atoms in total. The lowest BCUT2D eigenvalue weighted by Crippen LogP contribution is -2.37. The SMILES string of the molecule is CCCCCCCC/C=C\CCCCCCCC(=O)OC[C@H](COP(=O)(O)OCC[N+](C)(C)C)OCCCCCCCCCCCCCCCC. The molecule has 1 N–H and O–H groups in total. The number of rotatable bonds is 40. The lowest BCUT2D eigenvalue weighted by Gasteiger charge is -2.24. The van der Waals surface area contributed by atoms with Gasteiger partial charge >= 0.3 is 13.8 Å². The molecule has 304 valence electrons. The van der Waals surface area contributed by atoms with Crippen LogP contribution in [0.25, 0.3) is 0 Å². The minimum absolute atomic E-state index is 0.00138. The van der Waals surface area contributed by atoms with E-state index in [0.717, 1.165) is 38.5 Å². The summed E-state index contributed by atoms with van der Waals surface area (Å²) in [5.41, 5.74) is 0. The summed E-state index contributed by atoms with van der Waals surface area (Å²) < 4.78 is 35.0. The van der Waals surface area contributed by atoms with Crippen molar-refractivity contribution in [2.75, 3.05) is 54.1 Å². The number of esters is 1. The van der Waals surface area contributed by atoms with Crippen LogP contribution in [0.15, 0.2) is 12.2 Å². The van der Waals surface area contributed by atoms with E-state index in [4.69, 9.17) is 18.5 Å². The summed E-state index contributed by atoms with van der Waals surface area (Å²) in [6, 6.07) is 0. The van der Waals surface area contributed by atoms with E-state index in [1.165, 1.54) is 135 Å². The fourth-order valence-corrected chi connectivity index (χ4v) is 6.68. The molecular formula is C42H85NO7P+. The van der Waals surface area contributed by atoms with Gasteiger partial charge in [0.1, 0.15) is 25.9 Å². The highest BCUT2D eigenvalue weighted by atomic mass is 31.2. The number of ether oxygens (including phenoxy) is 2. The highest BCUT2D eigenvalue weighted by Crippen LogP contribution is 2.43. The monoisotopic (exact) mass is 747 g/mol. The lowest BCUT2D eigenvalue weighted by atomic mass is 10.0. The summed E-state index contributed by atoms with van der Waals surface area (Å²) in [6.07, 6.45) is 38.2. The molecule has 0 fully saturated rings. The molecule has 1 unspecified atom stereocenters. The maximum absolute atomic E-state index is 12.5. The topological polar surface area (TPSA) is 91.3 Å². The summed E-state index contributed by atoms with van der Waals surface area (Å²) in [6.45, 7) is 5.53. The average Bonchev–Trinajstić information content (AvgIpc) is 3.08. The van der Waals surface area contributed by atoms with Crippen LogP contribution < -0.4 is 0 Å². The van der Waals surface area contributed by atoms with Crippen LogP contribution in [0.4, 0.5) is 0 Å². The predicted molar refractivity (Wildman–Crippen MR) is 215 cm³/mol. The summed E-state index contributed by atoms with van der Waals surface area (Å²) in [5, 5.41) is 0. The molecule has 51 heavy (non-hydrogen) atoms. The maximum atomic E-state index is 12.5. The molecule has 0 radical (unpaired) electrons. The second-order valence-electron chi connectivity index (χ2n) is 15.7. The summed E-state index contributed by atoms with van der Waals surface area (Å²) in [4.78, 5) is 22.7. The van der Waals surface area contributed by atoms with Gasteiger partial charge in [0.2, 0.25) is 0 Å². The molecule has 0 aliphatic carbocycles. The number of hydrogen-bond donors (Lipinski definition) is 1. The zero-order chi connectivity index (χ0) is 37.7. The van der Waals surface area contributed by atoms with E-state index in [1.807, 2.05) is 21.1 Å². The lowest BCUT2D eigenvalue weighted by molar-refractivity contribution is -0.870. The minimum atomic E-state index is -4.24.